The molecule has 0 atom stereocenters. The SMILES string of the molecule is N#Cc1cc(-n2c3ccccc3c3ccc4c5ccccc5sc4c32)c2c(oc3ccccc32)c1-c1nc(-c2ccccc2)nc(-c2ccccc2)n1. The van der Waals surface area contributed by atoms with Gasteiger partial charge in [-0.05, 0) is 24.3 Å². The lowest BCUT2D eigenvalue weighted by molar-refractivity contribution is 0.669. The molecule has 4 heterocycles. The molecule has 0 fully saturated rings. The van der Waals surface area contributed by atoms with E-state index >= 15 is 0 Å². The molecule has 0 radical (unpaired) electrons. The molecule has 0 saturated carbocycles. The zero-order chi connectivity index (χ0) is 35.0. The van der Waals surface area contributed by atoms with Crippen LogP contribution in [0, 0.1) is 11.3 Å². The quantitative estimate of drug-likeness (QED) is 0.183. The van der Waals surface area contributed by atoms with Gasteiger partial charge < -0.3 is 8.98 Å². The van der Waals surface area contributed by atoms with Crippen molar-refractivity contribution in [1.29, 1.82) is 5.26 Å². The average Bonchev–Trinajstić information content (AvgIpc) is 3.91. The highest BCUT2D eigenvalue weighted by Crippen LogP contribution is 2.47. The van der Waals surface area contributed by atoms with Crippen molar-refractivity contribution < 1.29 is 4.42 Å². The van der Waals surface area contributed by atoms with E-state index in [-0.39, 0.29) is 0 Å². The van der Waals surface area contributed by atoms with Crippen molar-refractivity contribution in [3.8, 4) is 45.9 Å². The average molecular weight is 696 g/mol. The van der Waals surface area contributed by atoms with Crippen LogP contribution in [-0.2, 0) is 0 Å². The van der Waals surface area contributed by atoms with Crippen molar-refractivity contribution in [2.75, 3.05) is 0 Å². The number of furan rings is 1. The number of nitrogens with zero attached hydrogens (tertiary/aromatic N) is 5. The van der Waals surface area contributed by atoms with E-state index < -0.39 is 0 Å². The minimum atomic E-state index is 0.374. The molecule has 0 amide bonds. The molecule has 7 aromatic carbocycles. The second kappa shape index (κ2) is 11.4. The Bertz CT molecular complexity index is 3240. The molecule has 0 aliphatic rings. The van der Waals surface area contributed by atoms with Gasteiger partial charge in [-0.25, -0.2) is 15.0 Å². The Kier molecular flexibility index (Phi) is 6.38. The van der Waals surface area contributed by atoms with Gasteiger partial charge in [0.05, 0.1) is 37.9 Å². The summed E-state index contributed by atoms with van der Waals surface area (Å²) in [6.07, 6.45) is 0. The van der Waals surface area contributed by atoms with Crippen molar-refractivity contribution in [3.05, 3.63) is 157 Å². The third-order valence-electron chi connectivity index (χ3n) is 10.1. The smallest absolute Gasteiger partial charge is 0.169 e. The topological polar surface area (TPSA) is 80.5 Å². The summed E-state index contributed by atoms with van der Waals surface area (Å²) in [5, 5.41) is 17.6. The van der Waals surface area contributed by atoms with Gasteiger partial charge in [0.15, 0.2) is 17.5 Å². The first-order chi connectivity index (χ1) is 26.2. The predicted molar refractivity (Wildman–Crippen MR) is 215 cm³/mol. The minimum Gasteiger partial charge on any atom is -0.455 e. The van der Waals surface area contributed by atoms with E-state index in [1.54, 1.807) is 11.3 Å². The molecule has 0 aliphatic carbocycles. The van der Waals surface area contributed by atoms with Crippen LogP contribution in [0.2, 0.25) is 0 Å². The van der Waals surface area contributed by atoms with Gasteiger partial charge in [-0.15, -0.1) is 11.3 Å². The summed E-state index contributed by atoms with van der Waals surface area (Å²) >= 11 is 1.80. The standard InChI is InChI=1S/C46H25N5OS/c47-26-29-25-36(51-35-20-10-7-17-30(35)32-23-24-33-31-18-9-12-22-38(31)53-43(33)41(32)51)40-34-19-8-11-21-37(34)52-42(40)39(29)46-49-44(27-13-3-1-4-14-27)48-45(50-46)28-15-5-2-6-16-28/h1-25H. The molecule has 0 unspecified atom stereocenters. The summed E-state index contributed by atoms with van der Waals surface area (Å²) in [7, 11) is 0. The predicted octanol–water partition coefficient (Wildman–Crippen LogP) is 12.1. The number of hydrogen-bond acceptors (Lipinski definition) is 6. The van der Waals surface area contributed by atoms with Crippen LogP contribution in [0.5, 0.6) is 0 Å². The zero-order valence-electron chi connectivity index (χ0n) is 28.0. The number of hydrogen-bond donors (Lipinski definition) is 0. The summed E-state index contributed by atoms with van der Waals surface area (Å²) < 4.78 is 11.6. The number of para-hydroxylation sites is 2. The fourth-order valence-electron chi connectivity index (χ4n) is 7.77. The molecule has 6 nitrogen and oxygen atoms in total. The second-order valence-electron chi connectivity index (χ2n) is 13.1. The van der Waals surface area contributed by atoms with Gasteiger partial charge >= 0.3 is 0 Å². The highest BCUT2D eigenvalue weighted by molar-refractivity contribution is 7.26. The molecule has 4 aromatic heterocycles. The van der Waals surface area contributed by atoms with E-state index in [1.807, 2.05) is 84.9 Å². The molecule has 0 saturated heterocycles. The molecule has 0 bridgehead atoms. The lowest BCUT2D eigenvalue weighted by Gasteiger charge is -2.14. The third kappa shape index (κ3) is 4.40. The summed E-state index contributed by atoms with van der Waals surface area (Å²) in [6, 6.07) is 53.9. The Labute approximate surface area is 306 Å². The number of fused-ring (bicyclic) bond motifs is 10. The number of benzene rings is 7. The number of rotatable bonds is 4. The van der Waals surface area contributed by atoms with Crippen molar-refractivity contribution >= 4 is 75.3 Å². The first-order valence-corrected chi connectivity index (χ1v) is 18.2. The van der Waals surface area contributed by atoms with Gasteiger partial charge in [-0.3, -0.25) is 0 Å². The van der Waals surface area contributed by atoms with Crippen molar-refractivity contribution in [2.24, 2.45) is 0 Å². The van der Waals surface area contributed by atoms with Crippen LogP contribution in [0.1, 0.15) is 5.56 Å². The van der Waals surface area contributed by atoms with Crippen LogP contribution in [0.3, 0.4) is 0 Å². The van der Waals surface area contributed by atoms with Crippen molar-refractivity contribution in [3.63, 3.8) is 0 Å². The Balaban J connectivity index is 1.29. The van der Waals surface area contributed by atoms with Crippen LogP contribution in [-0.4, -0.2) is 19.5 Å². The largest absolute Gasteiger partial charge is 0.455 e. The van der Waals surface area contributed by atoms with Gasteiger partial charge in [0.25, 0.3) is 0 Å². The second-order valence-corrected chi connectivity index (χ2v) is 14.1. The Morgan fingerprint density at radius 3 is 1.91 bits per heavy atom. The van der Waals surface area contributed by atoms with Gasteiger partial charge in [0, 0.05) is 42.8 Å². The van der Waals surface area contributed by atoms with E-state index in [9.17, 15) is 5.26 Å². The van der Waals surface area contributed by atoms with Crippen LogP contribution < -0.4 is 0 Å². The lowest BCUT2D eigenvalue weighted by Crippen LogP contribution is -2.03. The molecule has 0 spiro atoms. The molecule has 0 N–H and O–H groups in total. The van der Waals surface area contributed by atoms with Gasteiger partial charge in [-0.2, -0.15) is 5.26 Å². The molecule has 246 valence electrons. The first-order valence-electron chi connectivity index (χ1n) is 17.3. The highest BCUT2D eigenvalue weighted by atomic mass is 32.1. The molecular weight excluding hydrogens is 671 g/mol. The summed E-state index contributed by atoms with van der Waals surface area (Å²) in [4.78, 5) is 15.0. The fraction of sp³-hybridized carbons (Fsp3) is 0. The molecule has 11 rings (SSSR count). The maximum atomic E-state index is 11.0. The van der Waals surface area contributed by atoms with Gasteiger partial charge in [-0.1, -0.05) is 127 Å². The lowest BCUT2D eigenvalue weighted by atomic mass is 10.00. The van der Waals surface area contributed by atoms with Crippen LogP contribution in [0.25, 0.3) is 104 Å². The van der Waals surface area contributed by atoms with E-state index in [2.05, 4.69) is 77.4 Å². The summed E-state index contributed by atoms with van der Waals surface area (Å²) in [5.41, 5.74) is 6.93. The monoisotopic (exact) mass is 695 g/mol. The third-order valence-corrected chi connectivity index (χ3v) is 11.3. The molecule has 0 aliphatic heterocycles. The van der Waals surface area contributed by atoms with E-state index in [4.69, 9.17) is 19.4 Å². The summed E-state index contributed by atoms with van der Waals surface area (Å²) in [5.74, 6) is 1.40. The van der Waals surface area contributed by atoms with E-state index in [0.717, 1.165) is 49.4 Å². The number of nitriles is 1. The van der Waals surface area contributed by atoms with Crippen LogP contribution in [0.4, 0.5) is 0 Å². The molecule has 11 aromatic rings. The van der Waals surface area contributed by atoms with E-state index in [0.29, 0.717) is 39.8 Å². The summed E-state index contributed by atoms with van der Waals surface area (Å²) in [6.45, 7) is 0. The number of thiophene rings is 1. The highest BCUT2D eigenvalue weighted by Gasteiger charge is 2.27. The maximum Gasteiger partial charge on any atom is 0.169 e. The molecule has 7 heteroatoms. The zero-order valence-corrected chi connectivity index (χ0v) is 28.8. The molecular formula is C46H25N5OS. The first kappa shape index (κ1) is 29.6. The normalized spacial score (nSPS) is 11.8. The molecule has 53 heavy (non-hydrogen) atoms. The Morgan fingerprint density at radius 2 is 1.17 bits per heavy atom. The minimum absolute atomic E-state index is 0.374. The van der Waals surface area contributed by atoms with Crippen LogP contribution in [0.15, 0.2) is 156 Å². The Hall–Kier alpha value is -7.14. The van der Waals surface area contributed by atoms with Crippen LogP contribution >= 0.6 is 11.3 Å². The van der Waals surface area contributed by atoms with Gasteiger partial charge in [0.1, 0.15) is 17.2 Å². The van der Waals surface area contributed by atoms with E-state index in [1.165, 1.54) is 20.2 Å². The fourth-order valence-corrected chi connectivity index (χ4v) is 9.01. The number of aromatic nitrogens is 4. The van der Waals surface area contributed by atoms with Crippen molar-refractivity contribution in [1.82, 2.24) is 19.5 Å². The Morgan fingerprint density at radius 1 is 0.566 bits per heavy atom. The maximum absolute atomic E-state index is 11.0. The van der Waals surface area contributed by atoms with Gasteiger partial charge in [0.2, 0.25) is 0 Å². The van der Waals surface area contributed by atoms with Crippen molar-refractivity contribution in [2.45, 2.75) is 0 Å².